The first kappa shape index (κ1) is 26.7. The Morgan fingerprint density at radius 1 is 0.750 bits per heavy atom. The summed E-state index contributed by atoms with van der Waals surface area (Å²) in [7, 11) is 0. The predicted octanol–water partition coefficient (Wildman–Crippen LogP) is 5.97. The van der Waals surface area contributed by atoms with Gasteiger partial charge in [-0.3, -0.25) is 9.59 Å². The molecule has 0 aliphatic heterocycles. The summed E-state index contributed by atoms with van der Waals surface area (Å²) in [6, 6.07) is 31.3. The molecule has 5 rings (SSSR count). The molecule has 0 saturated carbocycles. The van der Waals surface area contributed by atoms with Crippen LogP contribution in [0.3, 0.4) is 0 Å². The van der Waals surface area contributed by atoms with E-state index in [1.807, 2.05) is 85.8 Å². The molecular weight excluding hydrogens is 504 g/mol. The third-order valence-electron chi connectivity index (χ3n) is 6.88. The van der Waals surface area contributed by atoms with Gasteiger partial charge >= 0.3 is 12.1 Å². The summed E-state index contributed by atoms with van der Waals surface area (Å²) in [4.78, 5) is 38.7. The molecule has 1 aliphatic carbocycles. The Bertz CT molecular complexity index is 1460. The molecule has 2 N–H and O–H groups in total. The lowest BCUT2D eigenvalue weighted by atomic mass is 9.98. The molecule has 2 amide bonds. The van der Waals surface area contributed by atoms with Crippen LogP contribution in [0.4, 0.5) is 10.5 Å². The summed E-state index contributed by atoms with van der Waals surface area (Å²) in [5, 5.41) is 5.34. The summed E-state index contributed by atoms with van der Waals surface area (Å²) in [6.07, 6.45) is -1.14. The van der Waals surface area contributed by atoms with E-state index in [2.05, 4.69) is 22.8 Å². The maximum atomic E-state index is 13.1. The highest BCUT2D eigenvalue weighted by atomic mass is 16.5. The lowest BCUT2D eigenvalue weighted by Crippen LogP contribution is -2.45. The van der Waals surface area contributed by atoms with Gasteiger partial charge in [-0.15, -0.1) is 0 Å². The van der Waals surface area contributed by atoms with Gasteiger partial charge in [0, 0.05) is 11.6 Å². The fourth-order valence-electron chi connectivity index (χ4n) is 4.82. The summed E-state index contributed by atoms with van der Waals surface area (Å²) >= 11 is 0. The quantitative estimate of drug-likeness (QED) is 0.258. The number of anilines is 1. The van der Waals surface area contributed by atoms with Crippen molar-refractivity contribution in [3.8, 4) is 11.1 Å². The molecule has 4 aromatic rings. The highest BCUT2D eigenvalue weighted by Crippen LogP contribution is 2.44. The number of rotatable bonds is 9. The topological polar surface area (TPSA) is 93.7 Å². The SMILES string of the molecule is Cc1ccc(NC(=O)[C@H](CC(=O)OCc2ccccc2)NC(=O)OCC2c3ccccc3-c3ccccc32)cc1. The van der Waals surface area contributed by atoms with E-state index in [0.29, 0.717) is 5.69 Å². The molecule has 7 nitrogen and oxygen atoms in total. The number of ether oxygens (including phenoxy) is 2. The Kier molecular flexibility index (Phi) is 8.21. The number of carbonyl (C=O) groups is 3. The maximum absolute atomic E-state index is 13.1. The number of aryl methyl sites for hydroxylation is 1. The minimum Gasteiger partial charge on any atom is -0.461 e. The standard InChI is InChI=1S/C33H30N2O5/c1-22-15-17-24(18-16-22)34-32(37)30(19-31(36)39-20-23-9-3-2-4-10-23)35-33(38)40-21-29-27-13-7-5-11-25(27)26-12-6-8-14-28(26)29/h2-18,29-30H,19-21H2,1H3,(H,34,37)(H,35,38)/t30-/m0/s1. The molecule has 0 unspecified atom stereocenters. The van der Waals surface area contributed by atoms with E-state index in [0.717, 1.165) is 33.4 Å². The van der Waals surface area contributed by atoms with E-state index in [1.165, 1.54) is 0 Å². The monoisotopic (exact) mass is 534 g/mol. The summed E-state index contributed by atoms with van der Waals surface area (Å²) in [5.74, 6) is -1.30. The Morgan fingerprint density at radius 3 is 2.00 bits per heavy atom. The molecule has 0 spiro atoms. The van der Waals surface area contributed by atoms with Gasteiger partial charge in [-0.25, -0.2) is 4.79 Å². The molecule has 4 aromatic carbocycles. The van der Waals surface area contributed by atoms with Crippen LogP contribution in [0.15, 0.2) is 103 Å². The number of carbonyl (C=O) groups excluding carboxylic acids is 3. The van der Waals surface area contributed by atoms with Crippen LogP contribution in [0.1, 0.15) is 34.6 Å². The Labute approximate surface area is 233 Å². The van der Waals surface area contributed by atoms with Crippen LogP contribution < -0.4 is 10.6 Å². The predicted molar refractivity (Wildman–Crippen MR) is 153 cm³/mol. The molecule has 1 aliphatic rings. The van der Waals surface area contributed by atoms with Gasteiger partial charge in [0.05, 0.1) is 6.42 Å². The van der Waals surface area contributed by atoms with Crippen molar-refractivity contribution in [1.29, 1.82) is 0 Å². The lowest BCUT2D eigenvalue weighted by molar-refractivity contribution is -0.146. The number of nitrogens with one attached hydrogen (secondary N) is 2. The molecule has 0 radical (unpaired) electrons. The smallest absolute Gasteiger partial charge is 0.407 e. The number of hydrogen-bond acceptors (Lipinski definition) is 5. The molecule has 0 bridgehead atoms. The number of fused-ring (bicyclic) bond motifs is 3. The van der Waals surface area contributed by atoms with Crippen molar-refractivity contribution in [1.82, 2.24) is 5.32 Å². The van der Waals surface area contributed by atoms with Gasteiger partial charge in [0.2, 0.25) is 5.91 Å². The van der Waals surface area contributed by atoms with Crippen molar-refractivity contribution in [2.75, 3.05) is 11.9 Å². The van der Waals surface area contributed by atoms with Crippen LogP contribution >= 0.6 is 0 Å². The first-order valence-corrected chi connectivity index (χ1v) is 13.2. The van der Waals surface area contributed by atoms with Gasteiger partial charge < -0.3 is 20.1 Å². The van der Waals surface area contributed by atoms with E-state index in [9.17, 15) is 14.4 Å². The number of alkyl carbamates (subject to hydrolysis) is 1. The van der Waals surface area contributed by atoms with Crippen molar-refractivity contribution in [3.63, 3.8) is 0 Å². The fourth-order valence-corrected chi connectivity index (χ4v) is 4.82. The number of benzene rings is 4. The van der Waals surface area contributed by atoms with Crippen molar-refractivity contribution in [2.24, 2.45) is 0 Å². The molecule has 0 aromatic heterocycles. The van der Waals surface area contributed by atoms with E-state index in [1.54, 1.807) is 12.1 Å². The van der Waals surface area contributed by atoms with Crippen LogP contribution in [-0.2, 0) is 25.7 Å². The first-order chi connectivity index (χ1) is 19.5. The third kappa shape index (κ3) is 6.38. The van der Waals surface area contributed by atoms with Crippen molar-refractivity contribution < 1.29 is 23.9 Å². The minimum atomic E-state index is -1.19. The average Bonchev–Trinajstić information content (AvgIpc) is 3.30. The zero-order chi connectivity index (χ0) is 27.9. The van der Waals surface area contributed by atoms with Crippen LogP contribution in [0.5, 0.6) is 0 Å². The molecule has 202 valence electrons. The summed E-state index contributed by atoms with van der Waals surface area (Å²) < 4.78 is 11.0. The Balaban J connectivity index is 1.25. The molecule has 7 heteroatoms. The van der Waals surface area contributed by atoms with Crippen molar-refractivity contribution >= 4 is 23.7 Å². The van der Waals surface area contributed by atoms with E-state index in [4.69, 9.17) is 9.47 Å². The van der Waals surface area contributed by atoms with Gasteiger partial charge in [-0.1, -0.05) is 96.6 Å². The van der Waals surface area contributed by atoms with Gasteiger partial charge in [0.15, 0.2) is 0 Å². The van der Waals surface area contributed by atoms with E-state index in [-0.39, 0.29) is 25.6 Å². The largest absolute Gasteiger partial charge is 0.461 e. The third-order valence-corrected chi connectivity index (χ3v) is 6.88. The Morgan fingerprint density at radius 2 is 1.35 bits per heavy atom. The fraction of sp³-hybridized carbons (Fsp3) is 0.182. The van der Waals surface area contributed by atoms with Gasteiger partial charge in [0.25, 0.3) is 0 Å². The van der Waals surface area contributed by atoms with E-state index < -0.39 is 24.0 Å². The molecule has 1 atom stereocenters. The van der Waals surface area contributed by atoms with Crippen molar-refractivity contribution in [3.05, 3.63) is 125 Å². The normalized spacial score (nSPS) is 12.5. The second-order valence-electron chi connectivity index (χ2n) is 9.73. The van der Waals surface area contributed by atoms with Crippen molar-refractivity contribution in [2.45, 2.75) is 31.9 Å². The Hall–Kier alpha value is -4.91. The van der Waals surface area contributed by atoms with E-state index >= 15 is 0 Å². The highest BCUT2D eigenvalue weighted by Gasteiger charge is 2.30. The molecule has 0 fully saturated rings. The summed E-state index contributed by atoms with van der Waals surface area (Å²) in [6.45, 7) is 2.09. The number of esters is 1. The maximum Gasteiger partial charge on any atom is 0.407 e. The van der Waals surface area contributed by atoms with Gasteiger partial charge in [-0.05, 0) is 46.9 Å². The van der Waals surface area contributed by atoms with Crippen LogP contribution in [0, 0.1) is 6.92 Å². The second kappa shape index (κ2) is 12.3. The van der Waals surface area contributed by atoms with Gasteiger partial charge in [-0.2, -0.15) is 0 Å². The minimum absolute atomic E-state index is 0.0664. The molecule has 40 heavy (non-hydrogen) atoms. The zero-order valence-corrected chi connectivity index (χ0v) is 22.1. The first-order valence-electron chi connectivity index (χ1n) is 13.2. The molecule has 0 heterocycles. The lowest BCUT2D eigenvalue weighted by Gasteiger charge is -2.19. The van der Waals surface area contributed by atoms with Crippen LogP contribution in [0.25, 0.3) is 11.1 Å². The van der Waals surface area contributed by atoms with Crippen LogP contribution in [0.2, 0.25) is 0 Å². The number of hydrogen-bond donors (Lipinski definition) is 2. The van der Waals surface area contributed by atoms with Gasteiger partial charge in [0.1, 0.15) is 19.3 Å². The highest BCUT2D eigenvalue weighted by molar-refractivity contribution is 5.98. The number of amides is 2. The summed E-state index contributed by atoms with van der Waals surface area (Å²) in [5.41, 5.74) is 6.79. The molecular formula is C33H30N2O5. The average molecular weight is 535 g/mol. The van der Waals surface area contributed by atoms with Crippen LogP contribution in [-0.4, -0.2) is 30.6 Å². The molecule has 0 saturated heterocycles. The zero-order valence-electron chi connectivity index (χ0n) is 22.1. The second-order valence-corrected chi connectivity index (χ2v) is 9.73.